The molecule has 0 saturated carbocycles. The summed E-state index contributed by atoms with van der Waals surface area (Å²) in [5, 5.41) is 21.4. The number of carboxylic acids is 1. The minimum atomic E-state index is -0.878. The van der Waals surface area contributed by atoms with E-state index in [-0.39, 0.29) is 13.2 Å². The smallest absolute Gasteiger partial charge is 0.317 e. The quantitative estimate of drug-likeness (QED) is 0.226. The van der Waals surface area contributed by atoms with Crippen molar-refractivity contribution < 1.29 is 15.0 Å². The fourth-order valence-electron chi connectivity index (χ4n) is 4.35. The van der Waals surface area contributed by atoms with Crippen molar-refractivity contribution in [2.45, 2.75) is 115 Å². The van der Waals surface area contributed by atoms with Gasteiger partial charge in [-0.1, -0.05) is 96.8 Å². The monoisotopic (exact) mass is 425 g/mol. The minimum Gasteiger partial charge on any atom is -0.480 e. The first kappa shape index (κ1) is 27.1. The van der Waals surface area contributed by atoms with Gasteiger partial charge in [-0.3, -0.25) is 20.0 Å². The Hall–Kier alpha value is -0.980. The third-order valence-corrected chi connectivity index (χ3v) is 6.15. The van der Waals surface area contributed by atoms with Crippen molar-refractivity contribution >= 4 is 12.2 Å². The molecule has 0 aromatic rings. The third-order valence-electron chi connectivity index (χ3n) is 6.15. The van der Waals surface area contributed by atoms with Crippen LogP contribution < -0.4 is 5.32 Å². The predicted molar refractivity (Wildman–Crippen MR) is 125 cm³/mol. The highest BCUT2D eigenvalue weighted by atomic mass is 16.4. The summed E-state index contributed by atoms with van der Waals surface area (Å²) in [4.78, 5) is 17.6. The van der Waals surface area contributed by atoms with E-state index in [1.165, 1.54) is 83.5 Å². The highest BCUT2D eigenvalue weighted by Crippen LogP contribution is 2.25. The van der Waals surface area contributed by atoms with Crippen LogP contribution in [0.5, 0.6) is 0 Å². The Kier molecular flexibility index (Phi) is 15.9. The maximum absolute atomic E-state index is 11.0. The molecular formula is C24H47N3O3. The number of unbranched alkanes of at least 4 members (excludes halogenated alkanes) is 14. The molecule has 0 saturated heterocycles. The second kappa shape index (κ2) is 17.7. The van der Waals surface area contributed by atoms with Crippen molar-refractivity contribution in [1.29, 1.82) is 0 Å². The van der Waals surface area contributed by atoms with Gasteiger partial charge in [0, 0.05) is 25.7 Å². The second-order valence-corrected chi connectivity index (χ2v) is 8.74. The van der Waals surface area contributed by atoms with Crippen LogP contribution in [-0.2, 0) is 4.79 Å². The largest absolute Gasteiger partial charge is 0.480 e. The van der Waals surface area contributed by atoms with Gasteiger partial charge in [0.25, 0.3) is 0 Å². The highest BCUT2D eigenvalue weighted by molar-refractivity contribution is 5.69. The molecule has 0 aromatic heterocycles. The van der Waals surface area contributed by atoms with Crippen LogP contribution in [0.3, 0.4) is 0 Å². The molecule has 176 valence electrons. The summed E-state index contributed by atoms with van der Waals surface area (Å²) in [6, 6.07) is 0. The van der Waals surface area contributed by atoms with Crippen molar-refractivity contribution in [2.75, 3.05) is 26.2 Å². The molecule has 0 spiro atoms. The molecule has 0 fully saturated rings. The maximum Gasteiger partial charge on any atom is 0.317 e. The van der Waals surface area contributed by atoms with Crippen molar-refractivity contribution in [1.82, 2.24) is 10.2 Å². The van der Waals surface area contributed by atoms with Crippen LogP contribution >= 0.6 is 0 Å². The fraction of sp³-hybridized carbons (Fsp3) is 0.917. The number of carboxylic acid groups (broad SMARTS) is 1. The third kappa shape index (κ3) is 12.0. The molecule has 1 aliphatic rings. The van der Waals surface area contributed by atoms with E-state index in [2.05, 4.69) is 17.2 Å². The molecule has 0 amide bonds. The number of aliphatic carboxylic acids is 1. The van der Waals surface area contributed by atoms with Crippen LogP contribution in [0.15, 0.2) is 4.99 Å². The van der Waals surface area contributed by atoms with Crippen molar-refractivity contribution in [3.05, 3.63) is 0 Å². The number of hydrogen-bond donors (Lipinski definition) is 3. The molecular weight excluding hydrogens is 378 g/mol. The normalized spacial score (nSPS) is 19.0. The lowest BCUT2D eigenvalue weighted by molar-refractivity contribution is -0.137. The molecule has 1 unspecified atom stereocenters. The van der Waals surface area contributed by atoms with Crippen molar-refractivity contribution in [3.8, 4) is 0 Å². The summed E-state index contributed by atoms with van der Waals surface area (Å²) in [6.45, 7) is 3.38. The van der Waals surface area contributed by atoms with Crippen LogP contribution in [0, 0.1) is 0 Å². The van der Waals surface area contributed by atoms with E-state index >= 15 is 0 Å². The topological polar surface area (TPSA) is 85.2 Å². The molecule has 1 heterocycles. The van der Waals surface area contributed by atoms with Crippen molar-refractivity contribution in [3.63, 3.8) is 0 Å². The summed E-state index contributed by atoms with van der Waals surface area (Å²) >= 11 is 0. The lowest BCUT2D eigenvalue weighted by Crippen LogP contribution is -2.57. The van der Waals surface area contributed by atoms with Gasteiger partial charge in [-0.05, 0) is 6.42 Å². The van der Waals surface area contributed by atoms with Gasteiger partial charge in [-0.25, -0.2) is 0 Å². The average Bonchev–Trinajstić information content (AvgIpc) is 3.12. The molecule has 1 rings (SSSR count). The zero-order valence-corrected chi connectivity index (χ0v) is 19.4. The van der Waals surface area contributed by atoms with Gasteiger partial charge in [0.1, 0.15) is 0 Å². The number of hydrogen-bond acceptors (Lipinski definition) is 5. The molecule has 0 aliphatic carbocycles. The number of nitrogens with zero attached hydrogens (tertiary/aromatic N) is 2. The van der Waals surface area contributed by atoms with E-state index in [9.17, 15) is 9.90 Å². The van der Waals surface area contributed by atoms with Crippen LogP contribution in [0.4, 0.5) is 0 Å². The molecule has 30 heavy (non-hydrogen) atoms. The zero-order chi connectivity index (χ0) is 21.9. The standard InChI is InChI=1S/C24H47N3O3/c1-2-3-4-5-6-7-8-9-10-11-12-13-14-15-16-17-24(26-22-23(29)30)25-18-19-27(24)20-21-28/h18,26,28H,2-17,19-22H2,1H3,(H,29,30). The molecule has 1 atom stereocenters. The summed E-state index contributed by atoms with van der Waals surface area (Å²) in [5.74, 6) is -1.53. The Morgan fingerprint density at radius 2 is 1.43 bits per heavy atom. The number of rotatable bonds is 21. The number of aliphatic imine (C=N–C) groups is 1. The highest BCUT2D eigenvalue weighted by Gasteiger charge is 2.38. The van der Waals surface area contributed by atoms with Gasteiger partial charge >= 0.3 is 5.97 Å². The van der Waals surface area contributed by atoms with Crippen LogP contribution in [0.2, 0.25) is 0 Å². The molecule has 0 bridgehead atoms. The summed E-state index contributed by atoms with van der Waals surface area (Å²) in [7, 11) is 0. The molecule has 6 nitrogen and oxygen atoms in total. The van der Waals surface area contributed by atoms with Gasteiger partial charge < -0.3 is 10.2 Å². The van der Waals surface area contributed by atoms with Crippen LogP contribution in [-0.4, -0.2) is 59.3 Å². The summed E-state index contributed by atoms with van der Waals surface area (Å²) in [5.41, 5.74) is 0. The molecule has 3 N–H and O–H groups in total. The second-order valence-electron chi connectivity index (χ2n) is 8.74. The number of carbonyl (C=O) groups is 1. The van der Waals surface area contributed by atoms with E-state index in [0.29, 0.717) is 13.1 Å². The minimum absolute atomic E-state index is 0.0543. The fourth-order valence-corrected chi connectivity index (χ4v) is 4.35. The van der Waals surface area contributed by atoms with E-state index < -0.39 is 11.8 Å². The van der Waals surface area contributed by atoms with Crippen LogP contribution in [0.25, 0.3) is 0 Å². The molecule has 0 aromatic carbocycles. The molecule has 0 radical (unpaired) electrons. The zero-order valence-electron chi connectivity index (χ0n) is 19.4. The Bertz CT molecular complexity index is 459. The Morgan fingerprint density at radius 1 is 0.933 bits per heavy atom. The Balaban J connectivity index is 2.04. The van der Waals surface area contributed by atoms with Gasteiger partial charge in [-0.15, -0.1) is 0 Å². The number of aliphatic hydroxyl groups excluding tert-OH is 1. The average molecular weight is 426 g/mol. The molecule has 1 aliphatic heterocycles. The van der Waals surface area contributed by atoms with E-state index in [4.69, 9.17) is 5.11 Å². The van der Waals surface area contributed by atoms with Crippen LogP contribution in [0.1, 0.15) is 110 Å². The lowest BCUT2D eigenvalue weighted by Gasteiger charge is -2.36. The first-order valence-corrected chi connectivity index (χ1v) is 12.5. The maximum atomic E-state index is 11.0. The van der Waals surface area contributed by atoms with E-state index in [1.54, 1.807) is 0 Å². The number of nitrogens with one attached hydrogen (secondary N) is 1. The number of aliphatic hydroxyl groups is 1. The van der Waals surface area contributed by atoms with Gasteiger partial charge in [0.05, 0.1) is 13.2 Å². The van der Waals surface area contributed by atoms with Gasteiger partial charge in [-0.2, -0.15) is 0 Å². The summed E-state index contributed by atoms with van der Waals surface area (Å²) in [6.07, 6.45) is 22.6. The van der Waals surface area contributed by atoms with Crippen molar-refractivity contribution in [2.24, 2.45) is 4.99 Å². The van der Waals surface area contributed by atoms with Gasteiger partial charge in [0.15, 0.2) is 5.79 Å². The van der Waals surface area contributed by atoms with Gasteiger partial charge in [0.2, 0.25) is 0 Å². The Morgan fingerprint density at radius 3 is 1.90 bits per heavy atom. The first-order chi connectivity index (χ1) is 14.6. The first-order valence-electron chi connectivity index (χ1n) is 12.5. The number of β-amino-alcohol motifs (C(OH)–C–C–N with tert-alkyl or cyclic N) is 1. The lowest BCUT2D eigenvalue weighted by atomic mass is 10.0. The SMILES string of the molecule is CCCCCCCCCCCCCCCCCC1(NCC(=O)O)N=CCN1CCO. The Labute approximate surface area is 184 Å². The molecule has 6 heteroatoms. The van der Waals surface area contributed by atoms with E-state index in [0.717, 1.165) is 19.3 Å². The summed E-state index contributed by atoms with van der Waals surface area (Å²) < 4.78 is 0. The predicted octanol–water partition coefficient (Wildman–Crippen LogP) is 4.95. The van der Waals surface area contributed by atoms with E-state index in [1.807, 2.05) is 11.1 Å².